The predicted molar refractivity (Wildman–Crippen MR) is 230 cm³/mol. The summed E-state index contributed by atoms with van der Waals surface area (Å²) in [6.45, 7) is 2.09. The molecule has 66 heavy (non-hydrogen) atoms. The first-order valence-corrected chi connectivity index (χ1v) is 22.1. The van der Waals surface area contributed by atoms with Crippen LogP contribution < -0.4 is 58.8 Å². The summed E-state index contributed by atoms with van der Waals surface area (Å²) in [5.41, 5.74) is 5.33. The number of nitrogens with two attached hydrogens (primary N) is 2. The van der Waals surface area contributed by atoms with Crippen LogP contribution in [0.1, 0.15) is 12.8 Å². The summed E-state index contributed by atoms with van der Waals surface area (Å²) < 4.78 is 91.6. The normalized spacial score (nSPS) is 12.3. The van der Waals surface area contributed by atoms with E-state index < -0.39 is 32.2 Å². The van der Waals surface area contributed by atoms with Gasteiger partial charge in [0.1, 0.15) is 11.5 Å². The van der Waals surface area contributed by atoms with Crippen LogP contribution in [-0.2, 0) is 33.1 Å². The largest absolute Gasteiger partial charge is 0.519 e. The summed E-state index contributed by atoms with van der Waals surface area (Å²) in [7, 11) is -2.16. The molecule has 6 aromatic rings. The highest BCUT2D eigenvalue weighted by Crippen LogP contribution is 2.27. The van der Waals surface area contributed by atoms with E-state index in [-0.39, 0.29) is 45.2 Å². The Labute approximate surface area is 377 Å². The maximum atomic E-state index is 12.4. The Morgan fingerprint density at radius 3 is 1.52 bits per heavy atom. The number of sulfonamides is 2. The van der Waals surface area contributed by atoms with Crippen molar-refractivity contribution in [3.05, 3.63) is 85.2 Å². The van der Waals surface area contributed by atoms with Gasteiger partial charge >= 0.3 is 12.2 Å². The zero-order valence-corrected chi connectivity index (χ0v) is 37.2. The van der Waals surface area contributed by atoms with Gasteiger partial charge in [0.15, 0.2) is 9.79 Å². The van der Waals surface area contributed by atoms with Crippen LogP contribution in [0.2, 0.25) is 0 Å². The highest BCUT2D eigenvalue weighted by atomic mass is 32.2. The number of carbonyl (C=O) groups excluding carboxylic acids is 2. The number of para-hydroxylation sites is 2. The molecule has 0 aliphatic carbocycles. The van der Waals surface area contributed by atoms with Gasteiger partial charge in [-0.3, -0.25) is 5.32 Å². The second kappa shape index (κ2) is 23.1. The minimum absolute atomic E-state index is 0.0350. The molecule has 2 aromatic carbocycles. The topological polar surface area (TPSA) is 340 Å². The molecule has 4 aromatic heterocycles. The molecule has 0 saturated carbocycles. The highest BCUT2D eigenvalue weighted by Gasteiger charge is 2.29. The van der Waals surface area contributed by atoms with Crippen LogP contribution in [-0.4, -0.2) is 110 Å². The standard InChI is InChI=1S/C13H16N6O6S.C13H10O3.C6H9N3O3S.C6H9N3O2/c1-23-9-6-10(24-2)16-12(15-9)17-13(20)18-26(21,22)8-7-14-19-4-3-5-25-11(8)19;14-13(15-11-7-3-1-4-8-11)16-12-9-5-2-6-10-12;7-13(10,11)5-4-8-9-2-1-3-12-6(5)9;1-10-4-3-5(11-2)9-6(7)8-4/h6-7H,3-5H2,1-2H3,(H2,15,16,17,18,20);1-10H;4H,1-3H2,(H2,7,10,11);3H,1-2H3,(H2,7,8,9). The number of rotatable bonds is 10. The number of ether oxygens (including phenoxy) is 8. The minimum atomic E-state index is -4.20. The third-order valence-electron chi connectivity index (χ3n) is 8.17. The number of aromatic nitrogens is 8. The molecule has 6 N–H and O–H groups in total. The van der Waals surface area contributed by atoms with Crippen LogP contribution in [0.4, 0.5) is 21.5 Å². The summed E-state index contributed by atoms with van der Waals surface area (Å²) in [4.78, 5) is 38.4. The molecule has 0 atom stereocenters. The van der Waals surface area contributed by atoms with Crippen LogP contribution in [0, 0.1) is 0 Å². The summed E-state index contributed by atoms with van der Waals surface area (Å²) >= 11 is 0. The number of nitrogens with one attached hydrogen (secondary N) is 2. The summed E-state index contributed by atoms with van der Waals surface area (Å²) in [6, 6.07) is 19.5. The van der Waals surface area contributed by atoms with Gasteiger partial charge in [0.2, 0.25) is 57.2 Å². The zero-order valence-electron chi connectivity index (χ0n) is 35.6. The number of anilines is 2. The van der Waals surface area contributed by atoms with Crippen molar-refractivity contribution in [2.45, 2.75) is 35.7 Å². The van der Waals surface area contributed by atoms with Crippen molar-refractivity contribution < 1.29 is 64.3 Å². The SMILES string of the molecule is COc1cc(OC)nc(N)n1.COc1cc(OC)nc(NC(=O)NS(=O)(=O)c2cnn3c2OCCC3)n1.NS(=O)(=O)c1cnn2c1OCCC2.O=C(Oc1ccccc1)Oc1ccccc1. The molecule has 26 nitrogen and oxygen atoms in total. The first kappa shape index (κ1) is 49.0. The Kier molecular flexibility index (Phi) is 17.2. The highest BCUT2D eigenvalue weighted by molar-refractivity contribution is 7.90. The molecule has 0 fully saturated rings. The number of carbonyl (C=O) groups is 2. The van der Waals surface area contributed by atoms with Gasteiger partial charge in [-0.25, -0.2) is 45.6 Å². The van der Waals surface area contributed by atoms with Crippen LogP contribution in [0.15, 0.2) is 95.0 Å². The van der Waals surface area contributed by atoms with Crippen LogP contribution in [0.5, 0.6) is 46.8 Å². The number of primary sulfonamides is 1. The minimum Gasteiger partial charge on any atom is -0.481 e. The summed E-state index contributed by atoms with van der Waals surface area (Å²) in [6.07, 6.45) is 3.16. The second-order valence-electron chi connectivity index (χ2n) is 12.8. The average Bonchev–Trinajstić information content (AvgIpc) is 3.96. The van der Waals surface area contributed by atoms with Crippen molar-refractivity contribution in [1.82, 2.24) is 44.2 Å². The number of urea groups is 1. The molecule has 2 amide bonds. The van der Waals surface area contributed by atoms with E-state index in [1.165, 1.54) is 50.1 Å². The lowest BCUT2D eigenvalue weighted by atomic mass is 10.3. The van der Waals surface area contributed by atoms with Crippen molar-refractivity contribution in [3.63, 3.8) is 0 Å². The van der Waals surface area contributed by atoms with E-state index in [2.05, 4.69) is 35.5 Å². The maximum Gasteiger partial charge on any atom is 0.519 e. The zero-order chi connectivity index (χ0) is 47.7. The van der Waals surface area contributed by atoms with Crippen LogP contribution >= 0.6 is 0 Å². The van der Waals surface area contributed by atoms with Gasteiger partial charge in [0.25, 0.3) is 10.0 Å². The molecule has 2 aliphatic heterocycles. The molecule has 0 unspecified atom stereocenters. The van der Waals surface area contributed by atoms with E-state index >= 15 is 0 Å². The maximum absolute atomic E-state index is 12.4. The summed E-state index contributed by atoms with van der Waals surface area (Å²) in [5.74, 6) is 2.28. The molecule has 28 heteroatoms. The number of hydrogen-bond donors (Lipinski definition) is 4. The molecule has 0 spiro atoms. The lowest BCUT2D eigenvalue weighted by Crippen LogP contribution is -2.35. The second-order valence-corrected chi connectivity index (χ2v) is 15.9. The van der Waals surface area contributed by atoms with Crippen molar-refractivity contribution in [2.24, 2.45) is 5.14 Å². The van der Waals surface area contributed by atoms with Gasteiger partial charge in [-0.05, 0) is 24.3 Å². The quantitative estimate of drug-likeness (QED) is 0.113. The number of aryl methyl sites for hydroxylation is 2. The number of methoxy groups -OCH3 is 4. The number of amides is 2. The Bertz CT molecular complexity index is 2690. The molecule has 0 bridgehead atoms. The number of fused-ring (bicyclic) bond motifs is 2. The fraction of sp³-hybridized carbons (Fsp3) is 0.263. The van der Waals surface area contributed by atoms with Gasteiger partial charge in [-0.15, -0.1) is 0 Å². The number of benzene rings is 2. The van der Waals surface area contributed by atoms with Crippen molar-refractivity contribution >= 4 is 44.1 Å². The summed E-state index contributed by atoms with van der Waals surface area (Å²) in [5, 5.41) is 15.0. The van der Waals surface area contributed by atoms with Gasteiger partial charge in [-0.1, -0.05) is 36.4 Å². The van der Waals surface area contributed by atoms with Crippen molar-refractivity contribution in [2.75, 3.05) is 52.7 Å². The van der Waals surface area contributed by atoms with E-state index in [0.717, 1.165) is 19.0 Å². The number of hydrogen-bond acceptors (Lipinski definition) is 21. The molecule has 2 aliphatic rings. The Balaban J connectivity index is 0.000000175. The molecule has 8 rings (SSSR count). The Hall–Kier alpha value is -7.98. The molecular formula is C38H44N12O14S2. The predicted octanol–water partition coefficient (Wildman–Crippen LogP) is 2.64. The molecule has 0 radical (unpaired) electrons. The van der Waals surface area contributed by atoms with E-state index in [9.17, 15) is 26.4 Å². The van der Waals surface area contributed by atoms with E-state index in [4.69, 9.17) is 48.8 Å². The molecular weight excluding hydrogens is 913 g/mol. The molecule has 352 valence electrons. The molecule has 0 saturated heterocycles. The van der Waals surface area contributed by atoms with Gasteiger partial charge in [0, 0.05) is 25.9 Å². The van der Waals surface area contributed by atoms with E-state index in [0.29, 0.717) is 49.6 Å². The lowest BCUT2D eigenvalue weighted by Gasteiger charge is -2.16. The molecule has 6 heterocycles. The van der Waals surface area contributed by atoms with Gasteiger partial charge < -0.3 is 43.6 Å². The smallest absolute Gasteiger partial charge is 0.481 e. The van der Waals surface area contributed by atoms with E-state index in [1.807, 2.05) is 16.9 Å². The van der Waals surface area contributed by atoms with Crippen molar-refractivity contribution in [1.29, 1.82) is 0 Å². The van der Waals surface area contributed by atoms with Crippen molar-refractivity contribution in [3.8, 4) is 46.8 Å². The van der Waals surface area contributed by atoms with Gasteiger partial charge in [-0.2, -0.15) is 30.1 Å². The Morgan fingerprint density at radius 1 is 0.652 bits per heavy atom. The third-order valence-corrected chi connectivity index (χ3v) is 10.4. The number of nitrogens with zero attached hydrogens (tertiary/aromatic N) is 8. The van der Waals surface area contributed by atoms with E-state index in [1.54, 1.807) is 54.6 Å². The van der Waals surface area contributed by atoms with Gasteiger partial charge in [0.05, 0.1) is 66.2 Å². The van der Waals surface area contributed by atoms with Crippen LogP contribution in [0.25, 0.3) is 0 Å². The third kappa shape index (κ3) is 14.3. The average molecular weight is 957 g/mol. The Morgan fingerprint density at radius 2 is 1.08 bits per heavy atom. The monoisotopic (exact) mass is 956 g/mol. The first-order chi connectivity index (χ1) is 31.6. The number of nitrogen functional groups attached to an aromatic ring is 1. The lowest BCUT2D eigenvalue weighted by molar-refractivity contribution is 0.152. The first-order valence-electron chi connectivity index (χ1n) is 19.1. The fourth-order valence-corrected chi connectivity index (χ4v) is 6.85. The van der Waals surface area contributed by atoms with Crippen LogP contribution in [0.3, 0.4) is 0 Å². The fourth-order valence-electron chi connectivity index (χ4n) is 5.26.